The molecule has 1 aromatic heterocycles. The average molecular weight is 300 g/mol. The summed E-state index contributed by atoms with van der Waals surface area (Å²) in [5, 5.41) is 13.6. The van der Waals surface area contributed by atoms with Gasteiger partial charge in [-0.25, -0.2) is 9.59 Å². The van der Waals surface area contributed by atoms with Gasteiger partial charge in [-0.3, -0.25) is 0 Å². The Hall–Kier alpha value is -3.03. The largest absolute Gasteiger partial charge is 0.419 e. The lowest BCUT2D eigenvalue weighted by molar-refractivity contribution is -0.222. The van der Waals surface area contributed by atoms with E-state index in [2.05, 4.69) is 20.6 Å². The summed E-state index contributed by atoms with van der Waals surface area (Å²) < 4.78 is 10.1. The first kappa shape index (κ1) is 13.9. The molecule has 112 valence electrons. The number of nitrogens with zero attached hydrogens (tertiary/aromatic N) is 3. The molecule has 1 aliphatic rings. The van der Waals surface area contributed by atoms with Crippen LogP contribution in [0.3, 0.4) is 0 Å². The average Bonchev–Trinajstić information content (AvgIpc) is 2.97. The van der Waals surface area contributed by atoms with Crippen molar-refractivity contribution < 1.29 is 19.1 Å². The van der Waals surface area contributed by atoms with Gasteiger partial charge in [-0.1, -0.05) is 24.3 Å². The number of ether oxygens (including phenoxy) is 2. The van der Waals surface area contributed by atoms with Gasteiger partial charge >= 0.3 is 11.9 Å². The van der Waals surface area contributed by atoms with Gasteiger partial charge in [0.05, 0.1) is 0 Å². The molecule has 0 aliphatic carbocycles. The molecule has 1 N–H and O–H groups in total. The van der Waals surface area contributed by atoms with Crippen molar-refractivity contribution in [2.24, 2.45) is 0 Å². The molecule has 1 aromatic carbocycles. The lowest BCUT2D eigenvalue weighted by Crippen LogP contribution is -2.41. The Balaban J connectivity index is 1.86. The molecule has 1 saturated heterocycles. The number of tetrazole rings is 1. The standard InChI is InChI=1S/C14H12N4O4/c1-14(2)21-12(19)10(13(20)22-14)7-8-3-5-9(6-4-8)11-15-17-18-16-11/h3-7H,1-2H3,(H,15,16,17,18). The fourth-order valence-corrected chi connectivity index (χ4v) is 1.96. The quantitative estimate of drug-likeness (QED) is 0.502. The Morgan fingerprint density at radius 3 is 2.27 bits per heavy atom. The number of benzene rings is 1. The summed E-state index contributed by atoms with van der Waals surface area (Å²) in [6, 6.07) is 6.94. The Morgan fingerprint density at radius 1 is 1.09 bits per heavy atom. The van der Waals surface area contributed by atoms with Crippen molar-refractivity contribution in [2.45, 2.75) is 19.6 Å². The van der Waals surface area contributed by atoms with E-state index in [0.29, 0.717) is 11.4 Å². The molecule has 2 heterocycles. The van der Waals surface area contributed by atoms with Gasteiger partial charge < -0.3 is 9.47 Å². The van der Waals surface area contributed by atoms with Crippen molar-refractivity contribution in [3.63, 3.8) is 0 Å². The summed E-state index contributed by atoms with van der Waals surface area (Å²) >= 11 is 0. The number of nitrogens with one attached hydrogen (secondary N) is 1. The Kier molecular flexibility index (Phi) is 3.21. The molecule has 3 rings (SSSR count). The van der Waals surface area contributed by atoms with Crippen molar-refractivity contribution in [2.75, 3.05) is 0 Å². The molecule has 0 radical (unpaired) electrons. The molecular weight excluding hydrogens is 288 g/mol. The van der Waals surface area contributed by atoms with Crippen LogP contribution in [0.1, 0.15) is 19.4 Å². The minimum atomic E-state index is -1.24. The number of rotatable bonds is 2. The topological polar surface area (TPSA) is 107 Å². The van der Waals surface area contributed by atoms with E-state index in [4.69, 9.17) is 9.47 Å². The zero-order chi connectivity index (χ0) is 15.7. The zero-order valence-corrected chi connectivity index (χ0v) is 11.9. The minimum absolute atomic E-state index is 0.147. The van der Waals surface area contributed by atoms with E-state index in [9.17, 15) is 9.59 Å². The van der Waals surface area contributed by atoms with Crippen molar-refractivity contribution in [1.29, 1.82) is 0 Å². The van der Waals surface area contributed by atoms with E-state index in [0.717, 1.165) is 5.56 Å². The van der Waals surface area contributed by atoms with Crippen LogP contribution in [0.25, 0.3) is 17.5 Å². The Bertz CT molecular complexity index is 726. The maximum absolute atomic E-state index is 11.9. The van der Waals surface area contributed by atoms with Crippen LogP contribution in [-0.2, 0) is 19.1 Å². The third-order valence-corrected chi connectivity index (χ3v) is 2.94. The number of hydrogen-bond donors (Lipinski definition) is 1. The first-order valence-corrected chi connectivity index (χ1v) is 6.47. The van der Waals surface area contributed by atoms with E-state index in [1.54, 1.807) is 24.3 Å². The summed E-state index contributed by atoms with van der Waals surface area (Å²) in [7, 11) is 0. The molecule has 8 heteroatoms. The highest BCUT2D eigenvalue weighted by Gasteiger charge is 2.38. The number of hydrogen-bond acceptors (Lipinski definition) is 7. The molecule has 0 atom stereocenters. The monoisotopic (exact) mass is 300 g/mol. The van der Waals surface area contributed by atoms with Gasteiger partial charge in [-0.15, -0.1) is 10.2 Å². The van der Waals surface area contributed by atoms with Crippen molar-refractivity contribution in [3.8, 4) is 11.4 Å². The van der Waals surface area contributed by atoms with Crippen LogP contribution < -0.4 is 0 Å². The molecule has 1 fully saturated rings. The van der Waals surface area contributed by atoms with E-state index in [1.807, 2.05) is 0 Å². The SMILES string of the molecule is CC1(C)OC(=O)C(=Cc2ccc(-c3nn[nH]n3)cc2)C(=O)O1. The molecule has 0 saturated carbocycles. The Labute approximate surface area is 125 Å². The van der Waals surface area contributed by atoms with Gasteiger partial charge in [-0.05, 0) is 16.9 Å². The van der Waals surface area contributed by atoms with Crippen LogP contribution >= 0.6 is 0 Å². The predicted molar refractivity (Wildman–Crippen MR) is 73.9 cm³/mol. The molecule has 0 bridgehead atoms. The lowest BCUT2D eigenvalue weighted by Gasteiger charge is -2.29. The van der Waals surface area contributed by atoms with Crippen molar-refractivity contribution in [1.82, 2.24) is 20.6 Å². The first-order chi connectivity index (χ1) is 10.4. The van der Waals surface area contributed by atoms with Crippen LogP contribution in [0, 0.1) is 0 Å². The van der Waals surface area contributed by atoms with Gasteiger partial charge in [0.15, 0.2) is 0 Å². The summed E-state index contributed by atoms with van der Waals surface area (Å²) in [5.41, 5.74) is 1.26. The lowest BCUT2D eigenvalue weighted by atomic mass is 10.1. The van der Waals surface area contributed by atoms with Gasteiger partial charge in [0.2, 0.25) is 5.82 Å². The molecule has 2 aromatic rings. The normalized spacial score (nSPS) is 16.9. The van der Waals surface area contributed by atoms with E-state index in [-0.39, 0.29) is 5.57 Å². The summed E-state index contributed by atoms with van der Waals surface area (Å²) in [6.45, 7) is 3.00. The van der Waals surface area contributed by atoms with Gasteiger partial charge in [0.25, 0.3) is 5.79 Å². The van der Waals surface area contributed by atoms with Crippen LogP contribution in [0.5, 0.6) is 0 Å². The number of esters is 2. The summed E-state index contributed by atoms with van der Waals surface area (Å²) in [6.07, 6.45) is 1.42. The number of carbonyl (C=O) groups is 2. The van der Waals surface area contributed by atoms with Crippen molar-refractivity contribution in [3.05, 3.63) is 35.4 Å². The van der Waals surface area contributed by atoms with E-state index in [1.165, 1.54) is 19.9 Å². The maximum Gasteiger partial charge on any atom is 0.348 e. The molecule has 0 amide bonds. The highest BCUT2D eigenvalue weighted by molar-refractivity contribution is 6.18. The molecule has 8 nitrogen and oxygen atoms in total. The van der Waals surface area contributed by atoms with Crippen LogP contribution in [0.15, 0.2) is 29.8 Å². The molecule has 22 heavy (non-hydrogen) atoms. The van der Waals surface area contributed by atoms with Crippen LogP contribution in [0.2, 0.25) is 0 Å². The van der Waals surface area contributed by atoms with Gasteiger partial charge in [0.1, 0.15) is 5.57 Å². The highest BCUT2D eigenvalue weighted by atomic mass is 16.7. The molecule has 0 spiro atoms. The summed E-state index contributed by atoms with van der Waals surface area (Å²) in [5.74, 6) is -2.20. The van der Waals surface area contributed by atoms with Crippen molar-refractivity contribution >= 4 is 18.0 Å². The second-order valence-corrected chi connectivity index (χ2v) is 5.09. The smallest absolute Gasteiger partial charge is 0.348 e. The van der Waals surface area contributed by atoms with E-state index < -0.39 is 17.7 Å². The first-order valence-electron chi connectivity index (χ1n) is 6.47. The fraction of sp³-hybridized carbons (Fsp3) is 0.214. The Morgan fingerprint density at radius 2 is 1.73 bits per heavy atom. The second kappa shape index (κ2) is 5.06. The minimum Gasteiger partial charge on any atom is -0.419 e. The van der Waals surface area contributed by atoms with Gasteiger partial charge in [0, 0.05) is 19.4 Å². The summed E-state index contributed by atoms with van der Waals surface area (Å²) in [4.78, 5) is 23.7. The number of H-pyrrole nitrogens is 1. The maximum atomic E-state index is 11.9. The van der Waals surface area contributed by atoms with Crippen LogP contribution in [-0.4, -0.2) is 38.3 Å². The second-order valence-electron chi connectivity index (χ2n) is 5.09. The number of cyclic esters (lactones) is 2. The fourth-order valence-electron chi connectivity index (χ4n) is 1.96. The third kappa shape index (κ3) is 2.71. The van der Waals surface area contributed by atoms with Crippen LogP contribution in [0.4, 0.5) is 0 Å². The highest BCUT2D eigenvalue weighted by Crippen LogP contribution is 2.24. The molecular formula is C14H12N4O4. The molecule has 0 unspecified atom stereocenters. The van der Waals surface area contributed by atoms with E-state index >= 15 is 0 Å². The zero-order valence-electron chi connectivity index (χ0n) is 11.9. The predicted octanol–water partition coefficient (Wildman–Crippen LogP) is 1.09. The number of aromatic amines is 1. The molecule has 1 aliphatic heterocycles. The third-order valence-electron chi connectivity index (χ3n) is 2.94. The number of carbonyl (C=O) groups excluding carboxylic acids is 2. The van der Waals surface area contributed by atoms with Gasteiger partial charge in [-0.2, -0.15) is 5.21 Å². The number of aromatic nitrogens is 4.